The zero-order chi connectivity index (χ0) is 33.1. The lowest BCUT2D eigenvalue weighted by atomic mass is 10.1. The second-order valence-electron chi connectivity index (χ2n) is 12.9. The molecule has 0 aliphatic rings. The first-order chi connectivity index (χ1) is 20.4. The summed E-state index contributed by atoms with van der Waals surface area (Å²) in [5.74, 6) is -1.04. The van der Waals surface area contributed by atoms with Crippen LogP contribution in [0.2, 0.25) is 51.4 Å². The number of aliphatic hydroxyl groups excluding tert-OH is 1. The number of carbonyl (C=O) groups is 1. The maximum Gasteiger partial charge on any atom is 0.258 e. The Morgan fingerprint density at radius 3 is 2.18 bits per heavy atom. The number of nitrogens with zero attached hydrogens (tertiary/aromatic N) is 1. The number of hydrogen-bond acceptors (Lipinski definition) is 8. The third kappa shape index (κ3) is 14.4. The van der Waals surface area contributed by atoms with Crippen LogP contribution in [0.5, 0.6) is 11.5 Å². The molecule has 0 saturated carbocycles. The molecule has 1 atom stereocenters. The first kappa shape index (κ1) is 38.2. The summed E-state index contributed by atoms with van der Waals surface area (Å²) in [4.78, 5) is 12.3. The average molecular weight is 738 g/mol. The molecule has 0 aromatic heterocycles. The molecule has 1 amide bonds. The van der Waals surface area contributed by atoms with Gasteiger partial charge in [0.2, 0.25) is 10.0 Å². The Bertz CT molecular complexity index is 1340. The Labute approximate surface area is 271 Å². The number of carbonyl (C=O) groups excluding carboxylic acids is 1. The molecule has 0 heterocycles. The van der Waals surface area contributed by atoms with Gasteiger partial charge in [-0.15, -0.1) is 0 Å². The Morgan fingerprint density at radius 2 is 1.59 bits per heavy atom. The van der Waals surface area contributed by atoms with Gasteiger partial charge >= 0.3 is 0 Å². The van der Waals surface area contributed by atoms with Crippen LogP contribution < -0.4 is 19.1 Å². The summed E-state index contributed by atoms with van der Waals surface area (Å²) in [5, 5.41) is 13.4. The van der Waals surface area contributed by atoms with Gasteiger partial charge in [0.15, 0.2) is 25.0 Å². The molecule has 10 nitrogen and oxygen atoms in total. The van der Waals surface area contributed by atoms with E-state index in [0.29, 0.717) is 23.2 Å². The van der Waals surface area contributed by atoms with E-state index >= 15 is 0 Å². The van der Waals surface area contributed by atoms with Crippen LogP contribution in [-0.2, 0) is 24.3 Å². The molecule has 2 rings (SSSR count). The standard InChI is InChI=1S/C29H46BrFN2O8SSi2/c1-42(36,37)33(20-38-12-14-43(2,3)4)25-16-22(8-10-28(25)41-21-39-13-15-44(5,6)7)26(34)18-32-29(35)19-40-27-11-9-23(30)17-24(27)31/h8-11,16-17,26,34H,12-15,18-21H2,1-7H3,(H,32,35)/t26-/m0/s1. The number of nitrogens with one attached hydrogen (secondary N) is 1. The fraction of sp³-hybridized carbons (Fsp3) is 0.552. The molecule has 0 saturated heterocycles. The van der Waals surface area contributed by atoms with Crippen molar-refractivity contribution < 1.29 is 41.7 Å². The Balaban J connectivity index is 2.17. The van der Waals surface area contributed by atoms with E-state index in [4.69, 9.17) is 18.9 Å². The number of halogens is 2. The van der Waals surface area contributed by atoms with Crippen molar-refractivity contribution in [2.45, 2.75) is 57.5 Å². The van der Waals surface area contributed by atoms with Crippen molar-refractivity contribution in [3.63, 3.8) is 0 Å². The monoisotopic (exact) mass is 736 g/mol. The maximum atomic E-state index is 14.0. The molecular weight excluding hydrogens is 691 g/mol. The van der Waals surface area contributed by atoms with Crippen LogP contribution in [0.3, 0.4) is 0 Å². The van der Waals surface area contributed by atoms with E-state index in [1.54, 1.807) is 18.2 Å². The number of hydrogen-bond donors (Lipinski definition) is 2. The van der Waals surface area contributed by atoms with E-state index < -0.39 is 50.6 Å². The van der Waals surface area contributed by atoms with Gasteiger partial charge in [-0.2, -0.15) is 0 Å². The van der Waals surface area contributed by atoms with Gasteiger partial charge in [-0.05, 0) is 48.0 Å². The number of rotatable bonds is 19. The molecule has 0 radical (unpaired) electrons. The summed E-state index contributed by atoms with van der Waals surface area (Å²) < 4.78 is 63.9. The van der Waals surface area contributed by atoms with Crippen LogP contribution in [0.1, 0.15) is 11.7 Å². The van der Waals surface area contributed by atoms with Gasteiger partial charge in [0.1, 0.15) is 12.5 Å². The number of sulfonamides is 1. The smallest absolute Gasteiger partial charge is 0.258 e. The zero-order valence-electron chi connectivity index (χ0n) is 26.6. The molecule has 0 bridgehead atoms. The molecule has 0 unspecified atom stereocenters. The molecule has 15 heteroatoms. The fourth-order valence-corrected chi connectivity index (χ4v) is 6.20. The topological polar surface area (TPSA) is 124 Å². The minimum atomic E-state index is -3.82. The van der Waals surface area contributed by atoms with Gasteiger partial charge in [0, 0.05) is 40.4 Å². The van der Waals surface area contributed by atoms with E-state index in [0.717, 1.165) is 22.6 Å². The summed E-state index contributed by atoms with van der Waals surface area (Å²) in [6.45, 7) is 13.3. The molecule has 2 aromatic rings. The second-order valence-corrected chi connectivity index (χ2v) is 26.9. The number of amides is 1. The van der Waals surface area contributed by atoms with E-state index in [1.807, 2.05) is 0 Å². The first-order valence-electron chi connectivity index (χ1n) is 14.3. The molecule has 0 spiro atoms. The fourth-order valence-electron chi connectivity index (χ4n) is 3.59. The molecule has 0 fully saturated rings. The van der Waals surface area contributed by atoms with Crippen LogP contribution >= 0.6 is 15.9 Å². The molecular formula is C29H46BrFN2O8SSi2. The normalized spacial score (nSPS) is 13.0. The van der Waals surface area contributed by atoms with E-state index in [-0.39, 0.29) is 37.3 Å². The summed E-state index contributed by atoms with van der Waals surface area (Å²) in [5.41, 5.74) is 0.508. The lowest BCUT2D eigenvalue weighted by molar-refractivity contribution is -0.123. The van der Waals surface area contributed by atoms with Gasteiger partial charge in [-0.25, -0.2) is 17.1 Å². The summed E-state index contributed by atoms with van der Waals surface area (Å²) >= 11 is 3.16. The summed E-state index contributed by atoms with van der Waals surface area (Å²) in [6, 6.07) is 10.6. The highest BCUT2D eigenvalue weighted by Crippen LogP contribution is 2.33. The Kier molecular flexibility index (Phi) is 14.8. The minimum absolute atomic E-state index is 0.0809. The summed E-state index contributed by atoms with van der Waals surface area (Å²) in [7, 11) is -6.52. The SMILES string of the molecule is C[Si](C)(C)CCOCOc1ccc([C@@H](O)CNC(=O)COc2ccc(Br)cc2F)cc1N(COCC[Si](C)(C)C)S(C)(=O)=O. The number of anilines is 1. The van der Waals surface area contributed by atoms with Crippen molar-refractivity contribution in [2.75, 3.05) is 50.5 Å². The maximum absolute atomic E-state index is 14.0. The highest BCUT2D eigenvalue weighted by Gasteiger charge is 2.24. The highest BCUT2D eigenvalue weighted by molar-refractivity contribution is 9.10. The molecule has 0 aliphatic carbocycles. The van der Waals surface area contributed by atoms with Crippen molar-refractivity contribution in [3.8, 4) is 11.5 Å². The number of ether oxygens (including phenoxy) is 4. The Morgan fingerprint density at radius 1 is 0.977 bits per heavy atom. The third-order valence-electron chi connectivity index (χ3n) is 6.28. The van der Waals surface area contributed by atoms with E-state index in [1.165, 1.54) is 18.2 Å². The van der Waals surface area contributed by atoms with Crippen molar-refractivity contribution in [3.05, 3.63) is 52.3 Å². The molecule has 44 heavy (non-hydrogen) atoms. The molecule has 248 valence electrons. The minimum Gasteiger partial charge on any atom is -0.481 e. The van der Waals surface area contributed by atoms with E-state index in [9.17, 15) is 22.7 Å². The van der Waals surface area contributed by atoms with E-state index in [2.05, 4.69) is 60.5 Å². The van der Waals surface area contributed by atoms with Crippen molar-refractivity contribution in [1.29, 1.82) is 0 Å². The quantitative estimate of drug-likeness (QED) is 0.109. The van der Waals surface area contributed by atoms with Gasteiger partial charge in [0.05, 0.1) is 18.0 Å². The van der Waals surface area contributed by atoms with Gasteiger partial charge in [-0.3, -0.25) is 4.79 Å². The van der Waals surface area contributed by atoms with Crippen LogP contribution in [0, 0.1) is 5.82 Å². The number of benzene rings is 2. The average Bonchev–Trinajstić information content (AvgIpc) is 2.89. The predicted molar refractivity (Wildman–Crippen MR) is 180 cm³/mol. The van der Waals surface area contributed by atoms with Crippen LogP contribution in [-0.4, -0.2) is 81.7 Å². The Hall–Kier alpha value is -2.02. The lowest BCUT2D eigenvalue weighted by Crippen LogP contribution is -2.34. The van der Waals surface area contributed by atoms with Crippen molar-refractivity contribution in [1.82, 2.24) is 5.32 Å². The molecule has 2 N–H and O–H groups in total. The van der Waals surface area contributed by atoms with Gasteiger partial charge < -0.3 is 29.4 Å². The van der Waals surface area contributed by atoms with Gasteiger partial charge in [0.25, 0.3) is 5.91 Å². The van der Waals surface area contributed by atoms with Crippen molar-refractivity contribution >= 4 is 53.7 Å². The zero-order valence-corrected chi connectivity index (χ0v) is 31.0. The van der Waals surface area contributed by atoms with Crippen LogP contribution in [0.15, 0.2) is 40.9 Å². The molecule has 2 aromatic carbocycles. The number of aliphatic hydroxyl groups is 1. The molecule has 0 aliphatic heterocycles. The van der Waals surface area contributed by atoms with Gasteiger partial charge in [-0.1, -0.05) is 61.3 Å². The van der Waals surface area contributed by atoms with Crippen molar-refractivity contribution in [2.24, 2.45) is 0 Å². The van der Waals surface area contributed by atoms with Crippen LogP contribution in [0.4, 0.5) is 10.1 Å². The summed E-state index contributed by atoms with van der Waals surface area (Å²) in [6.07, 6.45) is -0.126. The lowest BCUT2D eigenvalue weighted by Gasteiger charge is -2.26. The largest absolute Gasteiger partial charge is 0.481 e. The highest BCUT2D eigenvalue weighted by atomic mass is 79.9. The third-order valence-corrected chi connectivity index (χ3v) is 11.3. The second kappa shape index (κ2) is 17.1. The van der Waals surface area contributed by atoms with Crippen LogP contribution in [0.25, 0.3) is 0 Å². The predicted octanol–water partition coefficient (Wildman–Crippen LogP) is 5.59. The first-order valence-corrected chi connectivity index (χ1v) is 24.3.